The molecule has 1 aliphatic rings. The van der Waals surface area contributed by atoms with Gasteiger partial charge in [-0.25, -0.2) is 9.97 Å². The van der Waals surface area contributed by atoms with Crippen LogP contribution in [0.3, 0.4) is 0 Å². The molecular formula is C24H23F3N4O2. The highest BCUT2D eigenvalue weighted by Gasteiger charge is 2.31. The van der Waals surface area contributed by atoms with E-state index in [1.54, 1.807) is 24.5 Å². The van der Waals surface area contributed by atoms with Gasteiger partial charge < -0.3 is 15.0 Å². The molecule has 3 aromatic rings. The Balaban J connectivity index is 1.58. The normalized spacial score (nSPS) is 15.4. The van der Waals surface area contributed by atoms with E-state index in [4.69, 9.17) is 0 Å². The number of amides is 1. The van der Waals surface area contributed by atoms with Crippen LogP contribution in [0.2, 0.25) is 0 Å². The summed E-state index contributed by atoms with van der Waals surface area (Å²) in [7, 11) is 0. The number of nitrogens with zero attached hydrogens (tertiary/aromatic N) is 3. The van der Waals surface area contributed by atoms with Crippen molar-refractivity contribution in [2.75, 3.05) is 23.3 Å². The standard InChI is InChI=1S/C24H23F3N4O2/c1-23(2)9-10-31(14-23)21-8-3-16(11-20(21)17-12-28-15-29-13-17)22(32)30-18-4-6-19(7-5-18)33-24(25,26)27/h3-8,11-13,15H,9-10,14H2,1-2H3,(H,30,32). The third kappa shape index (κ3) is 5.60. The zero-order valence-corrected chi connectivity index (χ0v) is 18.2. The summed E-state index contributed by atoms with van der Waals surface area (Å²) in [6, 6.07) is 10.4. The van der Waals surface area contributed by atoms with Crippen molar-refractivity contribution in [2.24, 2.45) is 5.41 Å². The SMILES string of the molecule is CC1(C)CCN(c2ccc(C(=O)Nc3ccc(OC(F)(F)F)cc3)cc2-c2cncnc2)C1. The van der Waals surface area contributed by atoms with E-state index in [-0.39, 0.29) is 17.1 Å². The lowest BCUT2D eigenvalue weighted by Gasteiger charge is -2.24. The number of benzene rings is 2. The second-order valence-electron chi connectivity index (χ2n) is 8.72. The Hall–Kier alpha value is -3.62. The third-order valence-electron chi connectivity index (χ3n) is 5.49. The van der Waals surface area contributed by atoms with Gasteiger partial charge in [0.05, 0.1) is 0 Å². The highest BCUT2D eigenvalue weighted by atomic mass is 19.4. The minimum atomic E-state index is -4.77. The van der Waals surface area contributed by atoms with Crippen molar-refractivity contribution in [1.82, 2.24) is 9.97 Å². The summed E-state index contributed by atoms with van der Waals surface area (Å²) in [4.78, 5) is 23.4. The number of aromatic nitrogens is 2. The molecule has 1 amide bonds. The first-order chi connectivity index (χ1) is 15.6. The van der Waals surface area contributed by atoms with Crippen LogP contribution < -0.4 is 15.0 Å². The van der Waals surface area contributed by atoms with Crippen molar-refractivity contribution in [2.45, 2.75) is 26.6 Å². The Bertz CT molecular complexity index is 1130. The summed E-state index contributed by atoms with van der Waals surface area (Å²) in [5, 5.41) is 2.71. The predicted molar refractivity (Wildman–Crippen MR) is 119 cm³/mol. The van der Waals surface area contributed by atoms with Gasteiger partial charge in [-0.3, -0.25) is 4.79 Å². The second-order valence-corrected chi connectivity index (χ2v) is 8.72. The highest BCUT2D eigenvalue weighted by molar-refractivity contribution is 6.05. The summed E-state index contributed by atoms with van der Waals surface area (Å²) in [5.74, 6) is -0.740. The lowest BCUT2D eigenvalue weighted by atomic mass is 9.93. The van der Waals surface area contributed by atoms with E-state index in [9.17, 15) is 18.0 Å². The van der Waals surface area contributed by atoms with E-state index in [2.05, 4.69) is 38.8 Å². The molecule has 1 aliphatic heterocycles. The molecule has 0 bridgehead atoms. The van der Waals surface area contributed by atoms with Gasteiger partial charge in [0.1, 0.15) is 12.1 Å². The lowest BCUT2D eigenvalue weighted by molar-refractivity contribution is -0.274. The molecule has 6 nitrogen and oxygen atoms in total. The largest absolute Gasteiger partial charge is 0.573 e. The van der Waals surface area contributed by atoms with Crippen LogP contribution in [0.15, 0.2) is 61.2 Å². The zero-order chi connectivity index (χ0) is 23.6. The maximum atomic E-state index is 12.9. The molecule has 9 heteroatoms. The van der Waals surface area contributed by atoms with Crippen LogP contribution in [-0.2, 0) is 0 Å². The quantitative estimate of drug-likeness (QED) is 0.547. The topological polar surface area (TPSA) is 67.4 Å². The van der Waals surface area contributed by atoms with Gasteiger partial charge in [0.25, 0.3) is 5.91 Å². The van der Waals surface area contributed by atoms with Gasteiger partial charge in [0.15, 0.2) is 0 Å². The van der Waals surface area contributed by atoms with Gasteiger partial charge in [-0.2, -0.15) is 0 Å². The minimum Gasteiger partial charge on any atom is -0.406 e. The molecule has 0 radical (unpaired) electrons. The number of nitrogens with one attached hydrogen (secondary N) is 1. The van der Waals surface area contributed by atoms with Gasteiger partial charge >= 0.3 is 6.36 Å². The maximum Gasteiger partial charge on any atom is 0.573 e. The summed E-state index contributed by atoms with van der Waals surface area (Å²) in [5.41, 5.74) is 3.59. The van der Waals surface area contributed by atoms with E-state index < -0.39 is 6.36 Å². The molecular weight excluding hydrogens is 433 g/mol. The fourth-order valence-electron chi connectivity index (χ4n) is 3.88. The van der Waals surface area contributed by atoms with Crippen LogP contribution in [0.25, 0.3) is 11.1 Å². The van der Waals surface area contributed by atoms with Crippen LogP contribution in [0.1, 0.15) is 30.6 Å². The smallest absolute Gasteiger partial charge is 0.406 e. The van der Waals surface area contributed by atoms with Gasteiger partial charge in [-0.15, -0.1) is 13.2 Å². The van der Waals surface area contributed by atoms with Crippen LogP contribution in [0, 0.1) is 5.41 Å². The van der Waals surface area contributed by atoms with Crippen molar-refractivity contribution in [3.63, 3.8) is 0 Å². The van der Waals surface area contributed by atoms with Gasteiger partial charge in [-0.05, 0) is 54.3 Å². The van der Waals surface area contributed by atoms with Crippen LogP contribution in [-0.4, -0.2) is 35.3 Å². The minimum absolute atomic E-state index is 0.197. The molecule has 0 spiro atoms. The van der Waals surface area contributed by atoms with Crippen molar-refractivity contribution in [3.8, 4) is 16.9 Å². The molecule has 0 aliphatic carbocycles. The number of alkyl halides is 3. The van der Waals surface area contributed by atoms with E-state index >= 15 is 0 Å². The Morgan fingerprint density at radius 2 is 1.79 bits per heavy atom. The van der Waals surface area contributed by atoms with Crippen LogP contribution in [0.5, 0.6) is 5.75 Å². The Kier molecular flexibility index (Phi) is 5.97. The maximum absolute atomic E-state index is 12.9. The fourth-order valence-corrected chi connectivity index (χ4v) is 3.88. The average molecular weight is 456 g/mol. The van der Waals surface area contributed by atoms with Gasteiger partial charge in [0, 0.05) is 53.5 Å². The van der Waals surface area contributed by atoms with E-state index in [1.165, 1.54) is 18.5 Å². The molecule has 4 rings (SSSR count). The summed E-state index contributed by atoms with van der Waals surface area (Å²) in [6.45, 7) is 6.26. The number of halogens is 3. The number of carbonyl (C=O) groups excluding carboxylic acids is 1. The summed E-state index contributed by atoms with van der Waals surface area (Å²) in [6.07, 6.45) is 1.15. The molecule has 1 N–H and O–H groups in total. The molecule has 0 saturated carbocycles. The second kappa shape index (κ2) is 8.73. The number of anilines is 2. The first-order valence-corrected chi connectivity index (χ1v) is 10.4. The molecule has 1 aromatic heterocycles. The van der Waals surface area contributed by atoms with Crippen LogP contribution in [0.4, 0.5) is 24.5 Å². The number of hydrogen-bond donors (Lipinski definition) is 1. The van der Waals surface area contributed by atoms with Crippen molar-refractivity contribution in [3.05, 3.63) is 66.7 Å². The van der Waals surface area contributed by atoms with Crippen molar-refractivity contribution in [1.29, 1.82) is 0 Å². The highest BCUT2D eigenvalue weighted by Crippen LogP contribution is 2.38. The van der Waals surface area contributed by atoms with Gasteiger partial charge in [0.2, 0.25) is 0 Å². The molecule has 2 heterocycles. The third-order valence-corrected chi connectivity index (χ3v) is 5.49. The molecule has 0 atom stereocenters. The number of ether oxygens (including phenoxy) is 1. The van der Waals surface area contributed by atoms with E-state index in [0.29, 0.717) is 11.3 Å². The lowest BCUT2D eigenvalue weighted by Crippen LogP contribution is -2.23. The van der Waals surface area contributed by atoms with Crippen molar-refractivity contribution >= 4 is 17.3 Å². The van der Waals surface area contributed by atoms with Crippen LogP contribution >= 0.6 is 0 Å². The Labute approximate surface area is 189 Å². The Morgan fingerprint density at radius 3 is 2.39 bits per heavy atom. The number of hydrogen-bond acceptors (Lipinski definition) is 5. The first-order valence-electron chi connectivity index (χ1n) is 10.4. The van der Waals surface area contributed by atoms with E-state index in [0.717, 1.165) is 48.5 Å². The first kappa shape index (κ1) is 22.6. The zero-order valence-electron chi connectivity index (χ0n) is 18.2. The number of rotatable bonds is 5. The molecule has 2 aromatic carbocycles. The van der Waals surface area contributed by atoms with Crippen molar-refractivity contribution < 1.29 is 22.7 Å². The summed E-state index contributed by atoms with van der Waals surface area (Å²) < 4.78 is 40.9. The Morgan fingerprint density at radius 1 is 1.09 bits per heavy atom. The summed E-state index contributed by atoms with van der Waals surface area (Å²) >= 11 is 0. The number of carbonyl (C=O) groups is 1. The molecule has 33 heavy (non-hydrogen) atoms. The van der Waals surface area contributed by atoms with E-state index in [1.807, 2.05) is 6.07 Å². The molecule has 1 fully saturated rings. The predicted octanol–water partition coefficient (Wildman–Crippen LogP) is 5.53. The molecule has 0 unspecified atom stereocenters. The van der Waals surface area contributed by atoms with Gasteiger partial charge in [-0.1, -0.05) is 13.8 Å². The fraction of sp³-hybridized carbons (Fsp3) is 0.292. The molecule has 1 saturated heterocycles. The average Bonchev–Trinajstić information content (AvgIpc) is 3.14. The molecule has 172 valence electrons. The monoisotopic (exact) mass is 456 g/mol.